The molecule has 1 aromatic carbocycles. The molecule has 0 saturated carbocycles. The molecule has 0 radical (unpaired) electrons. The van der Waals surface area contributed by atoms with Gasteiger partial charge in [0.2, 0.25) is 0 Å². The van der Waals surface area contributed by atoms with Crippen LogP contribution in [0.2, 0.25) is 0 Å². The summed E-state index contributed by atoms with van der Waals surface area (Å²) in [6.07, 6.45) is 1.64. The van der Waals surface area contributed by atoms with Crippen LogP contribution in [0, 0.1) is 6.92 Å². The maximum atomic E-state index is 12.4. The standard InChI is InChI=1S/C17H20BrN3O2/c1-3-23-17(22)13-10-20-15-12(8-11(2)9-14(15)18)16(13)21-6-4-19-5-7-21/h8-10,19H,3-7H2,1-2H3. The number of pyridine rings is 1. The van der Waals surface area contributed by atoms with Crippen LogP contribution < -0.4 is 10.2 Å². The number of hydrogen-bond donors (Lipinski definition) is 1. The predicted octanol–water partition coefficient (Wildman–Crippen LogP) is 2.89. The zero-order valence-electron chi connectivity index (χ0n) is 13.4. The number of carbonyl (C=O) groups is 1. The Balaban J connectivity index is 2.23. The van der Waals surface area contributed by atoms with Gasteiger partial charge in [0.05, 0.1) is 17.8 Å². The summed E-state index contributed by atoms with van der Waals surface area (Å²) in [6, 6.07) is 4.13. The van der Waals surface area contributed by atoms with Crippen molar-refractivity contribution in [3.05, 3.63) is 33.9 Å². The quantitative estimate of drug-likeness (QED) is 0.833. The largest absolute Gasteiger partial charge is 0.462 e. The molecule has 3 rings (SSSR count). The molecule has 1 saturated heterocycles. The van der Waals surface area contributed by atoms with Crippen molar-refractivity contribution in [1.82, 2.24) is 10.3 Å². The van der Waals surface area contributed by atoms with Crippen molar-refractivity contribution in [3.8, 4) is 0 Å². The number of aromatic nitrogens is 1. The molecule has 1 aliphatic heterocycles. The third kappa shape index (κ3) is 3.19. The number of halogens is 1. The Kier molecular flexibility index (Phi) is 4.82. The summed E-state index contributed by atoms with van der Waals surface area (Å²) < 4.78 is 6.18. The van der Waals surface area contributed by atoms with E-state index < -0.39 is 0 Å². The molecule has 23 heavy (non-hydrogen) atoms. The normalized spacial score (nSPS) is 15.0. The lowest BCUT2D eigenvalue weighted by atomic mass is 10.0. The molecule has 1 aromatic heterocycles. The van der Waals surface area contributed by atoms with E-state index in [2.05, 4.69) is 37.2 Å². The first-order valence-electron chi connectivity index (χ1n) is 7.83. The van der Waals surface area contributed by atoms with Crippen LogP contribution in [0.25, 0.3) is 10.9 Å². The summed E-state index contributed by atoms with van der Waals surface area (Å²) in [6.45, 7) is 7.74. The lowest BCUT2D eigenvalue weighted by Gasteiger charge is -2.31. The lowest BCUT2D eigenvalue weighted by molar-refractivity contribution is 0.0526. The van der Waals surface area contributed by atoms with E-state index in [0.29, 0.717) is 12.2 Å². The van der Waals surface area contributed by atoms with Crippen molar-refractivity contribution >= 4 is 38.5 Å². The molecule has 0 unspecified atom stereocenters. The Morgan fingerprint density at radius 1 is 1.39 bits per heavy atom. The highest BCUT2D eigenvalue weighted by molar-refractivity contribution is 9.10. The van der Waals surface area contributed by atoms with Gasteiger partial charge in [0.15, 0.2) is 0 Å². The monoisotopic (exact) mass is 377 g/mol. The highest BCUT2D eigenvalue weighted by Crippen LogP contribution is 2.34. The molecule has 2 aromatic rings. The molecule has 0 aliphatic carbocycles. The first kappa shape index (κ1) is 16.2. The number of esters is 1. The molecule has 5 nitrogen and oxygen atoms in total. The van der Waals surface area contributed by atoms with Gasteiger partial charge >= 0.3 is 5.97 Å². The van der Waals surface area contributed by atoms with E-state index in [4.69, 9.17) is 4.74 Å². The van der Waals surface area contributed by atoms with Crippen molar-refractivity contribution < 1.29 is 9.53 Å². The summed E-state index contributed by atoms with van der Waals surface area (Å²) >= 11 is 3.59. The number of piperazine rings is 1. The van der Waals surface area contributed by atoms with Gasteiger partial charge in [0.25, 0.3) is 0 Å². The van der Waals surface area contributed by atoms with Crippen LogP contribution in [0.4, 0.5) is 5.69 Å². The van der Waals surface area contributed by atoms with Crippen LogP contribution >= 0.6 is 15.9 Å². The van der Waals surface area contributed by atoms with Crippen LogP contribution in [0.15, 0.2) is 22.8 Å². The fraction of sp³-hybridized carbons (Fsp3) is 0.412. The molecular formula is C17H20BrN3O2. The third-order valence-electron chi connectivity index (χ3n) is 3.97. The summed E-state index contributed by atoms with van der Waals surface area (Å²) in [7, 11) is 0. The van der Waals surface area contributed by atoms with E-state index in [-0.39, 0.29) is 5.97 Å². The second-order valence-corrected chi connectivity index (χ2v) is 6.48. The Morgan fingerprint density at radius 2 is 2.13 bits per heavy atom. The first-order valence-corrected chi connectivity index (χ1v) is 8.62. The second kappa shape index (κ2) is 6.84. The average molecular weight is 378 g/mol. The number of anilines is 1. The number of nitrogens with one attached hydrogen (secondary N) is 1. The molecule has 0 atom stereocenters. The molecule has 1 aliphatic rings. The zero-order valence-corrected chi connectivity index (χ0v) is 14.9. The Labute approximate surface area is 144 Å². The molecule has 0 spiro atoms. The summed E-state index contributed by atoms with van der Waals surface area (Å²) in [5.41, 5.74) is 3.47. The fourth-order valence-electron chi connectivity index (χ4n) is 2.97. The summed E-state index contributed by atoms with van der Waals surface area (Å²) in [5, 5.41) is 4.34. The van der Waals surface area contributed by atoms with Crippen molar-refractivity contribution in [2.75, 3.05) is 37.7 Å². The minimum Gasteiger partial charge on any atom is -0.462 e. The molecule has 2 heterocycles. The van der Waals surface area contributed by atoms with E-state index in [1.54, 1.807) is 6.20 Å². The van der Waals surface area contributed by atoms with E-state index in [0.717, 1.165) is 52.8 Å². The average Bonchev–Trinajstić information content (AvgIpc) is 2.54. The van der Waals surface area contributed by atoms with Crippen LogP contribution in [0.5, 0.6) is 0 Å². The fourth-order valence-corrected chi connectivity index (χ4v) is 3.65. The van der Waals surface area contributed by atoms with Crippen LogP contribution in [-0.2, 0) is 4.74 Å². The molecule has 122 valence electrons. The minimum atomic E-state index is -0.312. The van der Waals surface area contributed by atoms with Crippen molar-refractivity contribution in [2.24, 2.45) is 0 Å². The maximum Gasteiger partial charge on any atom is 0.341 e. The van der Waals surface area contributed by atoms with E-state index >= 15 is 0 Å². The van der Waals surface area contributed by atoms with E-state index in [1.807, 2.05) is 19.9 Å². The van der Waals surface area contributed by atoms with Gasteiger partial charge in [-0.25, -0.2) is 4.79 Å². The Morgan fingerprint density at radius 3 is 2.83 bits per heavy atom. The van der Waals surface area contributed by atoms with Crippen LogP contribution in [-0.4, -0.2) is 43.7 Å². The third-order valence-corrected chi connectivity index (χ3v) is 4.57. The second-order valence-electron chi connectivity index (χ2n) is 5.62. The highest BCUT2D eigenvalue weighted by atomic mass is 79.9. The zero-order chi connectivity index (χ0) is 16.4. The van der Waals surface area contributed by atoms with Gasteiger partial charge in [-0.05, 0) is 47.5 Å². The summed E-state index contributed by atoms with van der Waals surface area (Å²) in [5.74, 6) is -0.312. The summed E-state index contributed by atoms with van der Waals surface area (Å²) in [4.78, 5) is 19.1. The van der Waals surface area contributed by atoms with Crippen molar-refractivity contribution in [1.29, 1.82) is 0 Å². The first-order chi connectivity index (χ1) is 11.1. The van der Waals surface area contributed by atoms with Gasteiger partial charge in [-0.1, -0.05) is 0 Å². The number of aryl methyl sites for hydroxylation is 1. The molecule has 0 bridgehead atoms. The Hall–Kier alpha value is -1.66. The molecular weight excluding hydrogens is 358 g/mol. The van der Waals surface area contributed by atoms with Gasteiger partial charge in [0.1, 0.15) is 5.56 Å². The number of fused-ring (bicyclic) bond motifs is 1. The SMILES string of the molecule is CCOC(=O)c1cnc2c(Br)cc(C)cc2c1N1CCNCC1. The van der Waals surface area contributed by atoms with Crippen LogP contribution in [0.3, 0.4) is 0 Å². The van der Waals surface area contributed by atoms with Gasteiger partial charge < -0.3 is 15.0 Å². The molecule has 1 N–H and O–H groups in total. The smallest absolute Gasteiger partial charge is 0.341 e. The predicted molar refractivity (Wildman–Crippen MR) is 95.2 cm³/mol. The van der Waals surface area contributed by atoms with Gasteiger partial charge in [-0.2, -0.15) is 0 Å². The van der Waals surface area contributed by atoms with Crippen molar-refractivity contribution in [2.45, 2.75) is 13.8 Å². The van der Waals surface area contributed by atoms with Gasteiger partial charge in [-0.3, -0.25) is 4.98 Å². The molecule has 6 heteroatoms. The molecule has 0 amide bonds. The highest BCUT2D eigenvalue weighted by Gasteiger charge is 2.23. The molecule has 1 fully saturated rings. The topological polar surface area (TPSA) is 54.5 Å². The number of nitrogens with zero attached hydrogens (tertiary/aromatic N) is 2. The Bertz CT molecular complexity index is 742. The number of benzene rings is 1. The number of rotatable bonds is 3. The van der Waals surface area contributed by atoms with Crippen molar-refractivity contribution in [3.63, 3.8) is 0 Å². The van der Waals surface area contributed by atoms with E-state index in [9.17, 15) is 4.79 Å². The lowest BCUT2D eigenvalue weighted by Crippen LogP contribution is -2.44. The maximum absolute atomic E-state index is 12.4. The van der Waals surface area contributed by atoms with Gasteiger partial charge in [-0.15, -0.1) is 0 Å². The minimum absolute atomic E-state index is 0.312. The number of hydrogen-bond acceptors (Lipinski definition) is 5. The van der Waals surface area contributed by atoms with Gasteiger partial charge in [0, 0.05) is 42.2 Å². The number of carbonyl (C=O) groups excluding carboxylic acids is 1. The number of ether oxygens (including phenoxy) is 1. The van der Waals surface area contributed by atoms with E-state index in [1.165, 1.54) is 0 Å². The van der Waals surface area contributed by atoms with Crippen LogP contribution in [0.1, 0.15) is 22.8 Å².